The summed E-state index contributed by atoms with van der Waals surface area (Å²) in [6, 6.07) is 4.86. The maximum absolute atomic E-state index is 11.7. The molecule has 0 aromatic carbocycles. The number of nitrogens with one attached hydrogen (secondary N) is 1. The Morgan fingerprint density at radius 1 is 1.31 bits per heavy atom. The summed E-state index contributed by atoms with van der Waals surface area (Å²) in [6.45, 7) is 0. The van der Waals surface area contributed by atoms with Gasteiger partial charge in [-0.3, -0.25) is 9.78 Å². The lowest BCUT2D eigenvalue weighted by molar-refractivity contribution is 0.102. The van der Waals surface area contributed by atoms with Crippen molar-refractivity contribution in [2.45, 2.75) is 0 Å². The zero-order valence-corrected chi connectivity index (χ0v) is 8.85. The molecule has 0 aliphatic rings. The highest BCUT2D eigenvalue weighted by atomic mass is 35.5. The Bertz CT molecular complexity index is 503. The van der Waals surface area contributed by atoms with Gasteiger partial charge in [-0.15, -0.1) is 5.10 Å². The molecule has 0 aliphatic carbocycles. The van der Waals surface area contributed by atoms with E-state index >= 15 is 0 Å². The molecule has 0 atom stereocenters. The van der Waals surface area contributed by atoms with Gasteiger partial charge < -0.3 is 5.32 Å². The lowest BCUT2D eigenvalue weighted by atomic mass is 10.2. The van der Waals surface area contributed by atoms with Gasteiger partial charge in [0, 0.05) is 18.6 Å². The van der Waals surface area contributed by atoms with Gasteiger partial charge in [-0.05, 0) is 18.2 Å². The minimum Gasteiger partial charge on any atom is -0.305 e. The van der Waals surface area contributed by atoms with Crippen molar-refractivity contribution in [1.29, 1.82) is 0 Å². The van der Waals surface area contributed by atoms with Crippen molar-refractivity contribution in [3.8, 4) is 0 Å². The molecule has 0 saturated heterocycles. The fourth-order valence-electron chi connectivity index (χ4n) is 1.10. The molecule has 2 rings (SSSR count). The summed E-state index contributed by atoms with van der Waals surface area (Å²) in [7, 11) is 0. The number of aromatic nitrogens is 3. The van der Waals surface area contributed by atoms with Gasteiger partial charge in [-0.2, -0.15) is 5.10 Å². The normalized spacial score (nSPS) is 9.81. The first-order valence-electron chi connectivity index (χ1n) is 4.46. The van der Waals surface area contributed by atoms with Crippen molar-refractivity contribution in [3.63, 3.8) is 0 Å². The highest BCUT2D eigenvalue weighted by Crippen LogP contribution is 2.14. The van der Waals surface area contributed by atoms with Gasteiger partial charge in [0.1, 0.15) is 0 Å². The molecule has 5 nitrogen and oxygen atoms in total. The summed E-state index contributed by atoms with van der Waals surface area (Å²) in [6.07, 6.45) is 4.43. The van der Waals surface area contributed by atoms with Gasteiger partial charge >= 0.3 is 0 Å². The van der Waals surface area contributed by atoms with Crippen LogP contribution in [0.4, 0.5) is 5.82 Å². The lowest BCUT2D eigenvalue weighted by Gasteiger charge is -2.03. The molecule has 1 N–H and O–H groups in total. The van der Waals surface area contributed by atoms with Crippen LogP contribution in [0.25, 0.3) is 0 Å². The SMILES string of the molecule is O=C(Nc1cccnn1)c1cnccc1Cl. The number of carbonyl (C=O) groups is 1. The number of hydrogen-bond donors (Lipinski definition) is 1. The molecule has 2 aromatic heterocycles. The highest BCUT2D eigenvalue weighted by Gasteiger charge is 2.10. The summed E-state index contributed by atoms with van der Waals surface area (Å²) >= 11 is 5.85. The maximum Gasteiger partial charge on any atom is 0.259 e. The van der Waals surface area contributed by atoms with Crippen LogP contribution in [0.1, 0.15) is 10.4 Å². The number of halogens is 1. The second kappa shape index (κ2) is 4.67. The smallest absolute Gasteiger partial charge is 0.259 e. The van der Waals surface area contributed by atoms with Crippen LogP contribution in [0, 0.1) is 0 Å². The molecule has 6 heteroatoms. The van der Waals surface area contributed by atoms with E-state index in [1.165, 1.54) is 18.6 Å². The van der Waals surface area contributed by atoms with Crippen molar-refractivity contribution >= 4 is 23.3 Å². The molecule has 0 aliphatic heterocycles. The van der Waals surface area contributed by atoms with Crippen LogP contribution in [-0.2, 0) is 0 Å². The van der Waals surface area contributed by atoms with E-state index in [1.54, 1.807) is 18.2 Å². The van der Waals surface area contributed by atoms with Gasteiger partial charge in [0.25, 0.3) is 5.91 Å². The van der Waals surface area contributed by atoms with E-state index < -0.39 is 0 Å². The van der Waals surface area contributed by atoms with Gasteiger partial charge in [-0.1, -0.05) is 11.6 Å². The second-order valence-electron chi connectivity index (χ2n) is 2.92. The van der Waals surface area contributed by atoms with E-state index in [4.69, 9.17) is 11.6 Å². The summed E-state index contributed by atoms with van der Waals surface area (Å²) in [4.78, 5) is 15.6. The molecule has 0 fully saturated rings. The van der Waals surface area contributed by atoms with Crippen molar-refractivity contribution in [2.24, 2.45) is 0 Å². The van der Waals surface area contributed by atoms with Gasteiger partial charge in [0.15, 0.2) is 5.82 Å². The largest absolute Gasteiger partial charge is 0.305 e. The van der Waals surface area contributed by atoms with E-state index in [0.29, 0.717) is 16.4 Å². The molecular formula is C10H7ClN4O. The lowest BCUT2D eigenvalue weighted by Crippen LogP contribution is -2.13. The number of hydrogen-bond acceptors (Lipinski definition) is 4. The predicted molar refractivity (Wildman–Crippen MR) is 59.2 cm³/mol. The molecule has 16 heavy (non-hydrogen) atoms. The van der Waals surface area contributed by atoms with E-state index in [0.717, 1.165) is 0 Å². The first-order valence-corrected chi connectivity index (χ1v) is 4.84. The van der Waals surface area contributed by atoms with Crippen LogP contribution in [0.15, 0.2) is 36.8 Å². The van der Waals surface area contributed by atoms with E-state index in [1.807, 2.05) is 0 Å². The molecular weight excluding hydrogens is 228 g/mol. The van der Waals surface area contributed by atoms with Crippen LogP contribution in [-0.4, -0.2) is 21.1 Å². The average Bonchev–Trinajstić information content (AvgIpc) is 2.31. The second-order valence-corrected chi connectivity index (χ2v) is 3.33. The summed E-state index contributed by atoms with van der Waals surface area (Å²) < 4.78 is 0. The van der Waals surface area contributed by atoms with E-state index in [9.17, 15) is 4.79 Å². The summed E-state index contributed by atoms with van der Waals surface area (Å²) in [5, 5.41) is 10.3. The quantitative estimate of drug-likeness (QED) is 0.860. The monoisotopic (exact) mass is 234 g/mol. The fourth-order valence-corrected chi connectivity index (χ4v) is 1.29. The number of carbonyl (C=O) groups excluding carboxylic acids is 1. The Morgan fingerprint density at radius 3 is 2.88 bits per heavy atom. The molecule has 0 radical (unpaired) electrons. The summed E-state index contributed by atoms with van der Waals surface area (Å²) in [5.74, 6) is 0.00557. The minimum absolute atomic E-state index is 0.301. The fraction of sp³-hybridized carbons (Fsp3) is 0. The minimum atomic E-state index is -0.362. The maximum atomic E-state index is 11.7. The number of amides is 1. The van der Waals surface area contributed by atoms with E-state index in [2.05, 4.69) is 20.5 Å². The predicted octanol–water partition coefficient (Wildman–Crippen LogP) is 1.78. The number of pyridine rings is 1. The van der Waals surface area contributed by atoms with Crippen LogP contribution in [0.3, 0.4) is 0 Å². The molecule has 0 unspecified atom stereocenters. The third-order valence-corrected chi connectivity index (χ3v) is 2.16. The topological polar surface area (TPSA) is 67.8 Å². The Hall–Kier alpha value is -2.01. The highest BCUT2D eigenvalue weighted by molar-refractivity contribution is 6.34. The third kappa shape index (κ3) is 2.32. The Balaban J connectivity index is 2.19. The van der Waals surface area contributed by atoms with Crippen molar-refractivity contribution in [3.05, 3.63) is 47.4 Å². The first-order chi connectivity index (χ1) is 7.77. The third-order valence-electron chi connectivity index (χ3n) is 1.83. The van der Waals surface area contributed by atoms with E-state index in [-0.39, 0.29) is 5.91 Å². The summed E-state index contributed by atoms with van der Waals surface area (Å²) in [5.41, 5.74) is 0.301. The van der Waals surface area contributed by atoms with Crippen molar-refractivity contribution in [2.75, 3.05) is 5.32 Å². The van der Waals surface area contributed by atoms with Crippen LogP contribution in [0.2, 0.25) is 5.02 Å². The van der Waals surface area contributed by atoms with Crippen molar-refractivity contribution < 1.29 is 4.79 Å². The molecule has 0 bridgehead atoms. The Morgan fingerprint density at radius 2 is 2.19 bits per heavy atom. The number of rotatable bonds is 2. The Kier molecular flexibility index (Phi) is 3.07. The molecule has 2 heterocycles. The van der Waals surface area contributed by atoms with Gasteiger partial charge in [0.2, 0.25) is 0 Å². The molecule has 80 valence electrons. The first kappa shape index (κ1) is 10.5. The standard InChI is InChI=1S/C10H7ClN4O/c11-8-3-5-12-6-7(8)10(16)14-9-2-1-4-13-15-9/h1-6H,(H,14,15,16). The Labute approximate surface area is 96.5 Å². The van der Waals surface area contributed by atoms with Gasteiger partial charge in [-0.25, -0.2) is 0 Å². The molecule has 1 amide bonds. The number of nitrogens with zero attached hydrogens (tertiary/aromatic N) is 3. The molecule has 0 saturated carbocycles. The molecule has 0 spiro atoms. The number of anilines is 1. The van der Waals surface area contributed by atoms with Crippen molar-refractivity contribution in [1.82, 2.24) is 15.2 Å². The van der Waals surface area contributed by atoms with Gasteiger partial charge in [0.05, 0.1) is 10.6 Å². The van der Waals surface area contributed by atoms with Crippen LogP contribution >= 0.6 is 11.6 Å². The zero-order chi connectivity index (χ0) is 11.4. The van der Waals surface area contributed by atoms with Crippen LogP contribution in [0.5, 0.6) is 0 Å². The zero-order valence-electron chi connectivity index (χ0n) is 8.09. The molecule has 2 aromatic rings. The van der Waals surface area contributed by atoms with Crippen LogP contribution < -0.4 is 5.32 Å². The average molecular weight is 235 g/mol.